The van der Waals surface area contributed by atoms with Gasteiger partial charge in [-0.05, 0) is 18.2 Å². The smallest absolute Gasteiger partial charge is 0.195 e. The SMILES string of the molecule is CCc1nc2cc(NCc3cnco3)ccc2o1. The zero-order valence-corrected chi connectivity index (χ0v) is 10.0. The largest absolute Gasteiger partial charge is 0.447 e. The Morgan fingerprint density at radius 1 is 1.33 bits per heavy atom. The summed E-state index contributed by atoms with van der Waals surface area (Å²) >= 11 is 0. The van der Waals surface area contributed by atoms with Crippen LogP contribution < -0.4 is 5.32 Å². The minimum absolute atomic E-state index is 0.601. The predicted octanol–water partition coefficient (Wildman–Crippen LogP) is 2.99. The van der Waals surface area contributed by atoms with Crippen molar-refractivity contribution in [2.45, 2.75) is 19.9 Å². The number of nitrogens with zero attached hydrogens (tertiary/aromatic N) is 2. The Balaban J connectivity index is 1.80. The summed E-state index contributed by atoms with van der Waals surface area (Å²) in [5.41, 5.74) is 2.67. The third-order valence-corrected chi connectivity index (χ3v) is 2.68. The van der Waals surface area contributed by atoms with Gasteiger partial charge in [-0.3, -0.25) is 0 Å². The van der Waals surface area contributed by atoms with E-state index >= 15 is 0 Å². The lowest BCUT2D eigenvalue weighted by molar-refractivity contribution is 0.512. The molecular formula is C13H13N3O2. The molecule has 0 saturated carbocycles. The average molecular weight is 243 g/mol. The molecule has 5 nitrogen and oxygen atoms in total. The molecule has 0 radical (unpaired) electrons. The molecule has 3 aromatic rings. The maximum absolute atomic E-state index is 5.56. The van der Waals surface area contributed by atoms with Gasteiger partial charge in [0.1, 0.15) is 11.3 Å². The van der Waals surface area contributed by atoms with Crippen molar-refractivity contribution in [3.05, 3.63) is 42.4 Å². The van der Waals surface area contributed by atoms with Crippen molar-refractivity contribution < 1.29 is 8.83 Å². The minimum atomic E-state index is 0.601. The van der Waals surface area contributed by atoms with E-state index in [-0.39, 0.29) is 0 Å². The number of nitrogens with one attached hydrogen (secondary N) is 1. The highest BCUT2D eigenvalue weighted by Crippen LogP contribution is 2.20. The molecule has 3 rings (SSSR count). The van der Waals surface area contributed by atoms with E-state index in [4.69, 9.17) is 8.83 Å². The van der Waals surface area contributed by atoms with Crippen LogP contribution in [0.3, 0.4) is 0 Å². The fraction of sp³-hybridized carbons (Fsp3) is 0.231. The fourth-order valence-electron chi connectivity index (χ4n) is 1.75. The van der Waals surface area contributed by atoms with Gasteiger partial charge in [0.25, 0.3) is 0 Å². The summed E-state index contributed by atoms with van der Waals surface area (Å²) in [6, 6.07) is 5.85. The molecule has 0 unspecified atom stereocenters. The molecule has 0 spiro atoms. The first kappa shape index (κ1) is 10.8. The van der Waals surface area contributed by atoms with Crippen LogP contribution in [-0.4, -0.2) is 9.97 Å². The molecule has 0 bridgehead atoms. The van der Waals surface area contributed by atoms with E-state index in [0.717, 1.165) is 34.9 Å². The Bertz CT molecular complexity index is 643. The highest BCUT2D eigenvalue weighted by molar-refractivity contribution is 5.77. The molecule has 0 saturated heterocycles. The van der Waals surface area contributed by atoms with E-state index in [1.54, 1.807) is 6.20 Å². The molecule has 92 valence electrons. The van der Waals surface area contributed by atoms with E-state index in [1.807, 2.05) is 25.1 Å². The quantitative estimate of drug-likeness (QED) is 0.763. The monoisotopic (exact) mass is 243 g/mol. The van der Waals surface area contributed by atoms with Gasteiger partial charge < -0.3 is 14.2 Å². The van der Waals surface area contributed by atoms with Gasteiger partial charge in [-0.1, -0.05) is 6.92 Å². The van der Waals surface area contributed by atoms with Gasteiger partial charge in [0.05, 0.1) is 12.7 Å². The lowest BCUT2D eigenvalue weighted by Crippen LogP contribution is -1.97. The first-order valence-electron chi connectivity index (χ1n) is 5.86. The third kappa shape index (κ3) is 2.07. The number of hydrogen-bond acceptors (Lipinski definition) is 5. The van der Waals surface area contributed by atoms with Crippen molar-refractivity contribution in [1.82, 2.24) is 9.97 Å². The number of hydrogen-bond donors (Lipinski definition) is 1. The van der Waals surface area contributed by atoms with Crippen LogP contribution in [0.1, 0.15) is 18.6 Å². The maximum Gasteiger partial charge on any atom is 0.195 e. The molecule has 1 N–H and O–H groups in total. The van der Waals surface area contributed by atoms with Gasteiger partial charge in [-0.2, -0.15) is 0 Å². The predicted molar refractivity (Wildman–Crippen MR) is 67.2 cm³/mol. The number of aryl methyl sites for hydroxylation is 1. The van der Waals surface area contributed by atoms with Crippen LogP contribution in [0.2, 0.25) is 0 Å². The van der Waals surface area contributed by atoms with Gasteiger partial charge in [-0.25, -0.2) is 9.97 Å². The Labute approximate surface area is 104 Å². The Morgan fingerprint density at radius 3 is 3.06 bits per heavy atom. The molecular weight excluding hydrogens is 230 g/mol. The van der Waals surface area contributed by atoms with Crippen molar-refractivity contribution in [3.8, 4) is 0 Å². The molecule has 0 amide bonds. The van der Waals surface area contributed by atoms with Gasteiger partial charge in [0.2, 0.25) is 0 Å². The Morgan fingerprint density at radius 2 is 2.28 bits per heavy atom. The standard InChI is InChI=1S/C13H13N3O2/c1-2-13-16-11-5-9(3-4-12(11)18-13)15-7-10-6-14-8-17-10/h3-6,8,15H,2,7H2,1H3. The topological polar surface area (TPSA) is 64.1 Å². The Kier molecular flexibility index (Phi) is 2.72. The maximum atomic E-state index is 5.56. The fourth-order valence-corrected chi connectivity index (χ4v) is 1.75. The molecule has 0 aliphatic rings. The summed E-state index contributed by atoms with van der Waals surface area (Å²) < 4.78 is 10.7. The summed E-state index contributed by atoms with van der Waals surface area (Å²) in [7, 11) is 0. The number of aromatic nitrogens is 2. The van der Waals surface area contributed by atoms with Crippen LogP contribution in [0.15, 0.2) is 39.6 Å². The molecule has 5 heteroatoms. The zero-order valence-electron chi connectivity index (χ0n) is 10.0. The van der Waals surface area contributed by atoms with E-state index in [0.29, 0.717) is 6.54 Å². The van der Waals surface area contributed by atoms with Gasteiger partial charge >= 0.3 is 0 Å². The second-order valence-corrected chi connectivity index (χ2v) is 3.96. The molecule has 0 aliphatic heterocycles. The van der Waals surface area contributed by atoms with E-state index < -0.39 is 0 Å². The zero-order chi connectivity index (χ0) is 12.4. The van der Waals surface area contributed by atoms with Gasteiger partial charge in [-0.15, -0.1) is 0 Å². The van der Waals surface area contributed by atoms with E-state index in [2.05, 4.69) is 15.3 Å². The normalized spacial score (nSPS) is 10.9. The lowest BCUT2D eigenvalue weighted by Gasteiger charge is -2.02. The first-order chi connectivity index (χ1) is 8.85. The van der Waals surface area contributed by atoms with Crippen LogP contribution in [0.4, 0.5) is 5.69 Å². The van der Waals surface area contributed by atoms with Crippen molar-refractivity contribution >= 4 is 16.8 Å². The Hall–Kier alpha value is -2.30. The number of rotatable bonds is 4. The second-order valence-electron chi connectivity index (χ2n) is 3.96. The molecule has 2 heterocycles. The van der Waals surface area contributed by atoms with E-state index in [9.17, 15) is 0 Å². The summed E-state index contributed by atoms with van der Waals surface area (Å²) in [6.45, 7) is 2.62. The second kappa shape index (κ2) is 4.52. The van der Waals surface area contributed by atoms with Crippen molar-refractivity contribution in [1.29, 1.82) is 0 Å². The molecule has 0 atom stereocenters. The molecule has 0 fully saturated rings. The molecule has 0 aliphatic carbocycles. The van der Waals surface area contributed by atoms with Crippen LogP contribution in [-0.2, 0) is 13.0 Å². The van der Waals surface area contributed by atoms with Gasteiger partial charge in [0, 0.05) is 12.1 Å². The molecule has 1 aromatic carbocycles. The lowest BCUT2D eigenvalue weighted by atomic mass is 10.3. The van der Waals surface area contributed by atoms with Crippen LogP contribution >= 0.6 is 0 Å². The highest BCUT2D eigenvalue weighted by Gasteiger charge is 2.05. The average Bonchev–Trinajstić information content (AvgIpc) is 3.04. The molecule has 18 heavy (non-hydrogen) atoms. The van der Waals surface area contributed by atoms with Crippen LogP contribution in [0, 0.1) is 0 Å². The third-order valence-electron chi connectivity index (χ3n) is 2.68. The number of anilines is 1. The number of fused-ring (bicyclic) bond motifs is 1. The van der Waals surface area contributed by atoms with E-state index in [1.165, 1.54) is 6.39 Å². The van der Waals surface area contributed by atoms with Crippen LogP contribution in [0.5, 0.6) is 0 Å². The summed E-state index contributed by atoms with van der Waals surface area (Å²) in [6.07, 6.45) is 3.91. The van der Waals surface area contributed by atoms with Crippen LogP contribution in [0.25, 0.3) is 11.1 Å². The summed E-state index contributed by atoms with van der Waals surface area (Å²) in [4.78, 5) is 8.26. The van der Waals surface area contributed by atoms with Crippen molar-refractivity contribution in [2.24, 2.45) is 0 Å². The van der Waals surface area contributed by atoms with Gasteiger partial charge in [0.15, 0.2) is 17.9 Å². The summed E-state index contributed by atoms with van der Waals surface area (Å²) in [5, 5.41) is 3.25. The minimum Gasteiger partial charge on any atom is -0.447 e. The van der Waals surface area contributed by atoms with Crippen molar-refractivity contribution in [2.75, 3.05) is 5.32 Å². The number of oxazole rings is 2. The first-order valence-corrected chi connectivity index (χ1v) is 5.86. The summed E-state index contributed by atoms with van der Waals surface area (Å²) in [5.74, 6) is 1.56. The van der Waals surface area contributed by atoms with Crippen molar-refractivity contribution in [3.63, 3.8) is 0 Å². The molecule has 2 aromatic heterocycles. The number of benzene rings is 1. The highest BCUT2D eigenvalue weighted by atomic mass is 16.3.